The highest BCUT2D eigenvalue weighted by Crippen LogP contribution is 2.30. The summed E-state index contributed by atoms with van der Waals surface area (Å²) in [7, 11) is -3.64. The van der Waals surface area contributed by atoms with Gasteiger partial charge in [0, 0.05) is 18.7 Å². The Hall–Kier alpha value is -3.07. The number of hydrogen-bond acceptors (Lipinski definition) is 5. The molecule has 6 nitrogen and oxygen atoms in total. The SMILES string of the molecule is Cc1cc(C)c2sc(NC(=O)c3ccc(S(=O)(=O)N4CCc5ccccc5C4)cc3)nc2c1. The first kappa shape index (κ1) is 21.8. The van der Waals surface area contributed by atoms with Crippen LogP contribution in [0.5, 0.6) is 0 Å². The fourth-order valence-electron chi connectivity index (χ4n) is 4.20. The Morgan fingerprint density at radius 3 is 2.52 bits per heavy atom. The van der Waals surface area contributed by atoms with Crippen LogP contribution in [0.3, 0.4) is 0 Å². The zero-order valence-electron chi connectivity index (χ0n) is 18.3. The predicted octanol–water partition coefficient (Wildman–Crippen LogP) is 4.91. The minimum absolute atomic E-state index is 0.185. The molecule has 1 aliphatic rings. The average molecular weight is 478 g/mol. The van der Waals surface area contributed by atoms with Crippen LogP contribution in [0.25, 0.3) is 10.2 Å². The van der Waals surface area contributed by atoms with Crippen LogP contribution in [0.1, 0.15) is 32.6 Å². The first-order valence-corrected chi connectivity index (χ1v) is 12.9. The van der Waals surface area contributed by atoms with Gasteiger partial charge in [-0.1, -0.05) is 41.7 Å². The number of aryl methyl sites for hydroxylation is 2. The molecule has 0 radical (unpaired) electrons. The third-order valence-electron chi connectivity index (χ3n) is 5.89. The maximum Gasteiger partial charge on any atom is 0.257 e. The molecule has 5 rings (SSSR count). The van der Waals surface area contributed by atoms with Crippen molar-refractivity contribution in [2.75, 3.05) is 11.9 Å². The Morgan fingerprint density at radius 1 is 1.03 bits per heavy atom. The topological polar surface area (TPSA) is 79.4 Å². The normalized spacial score (nSPS) is 14.2. The number of amides is 1. The molecule has 2 heterocycles. The second kappa shape index (κ2) is 8.37. The van der Waals surface area contributed by atoms with E-state index in [4.69, 9.17) is 0 Å². The molecule has 1 amide bonds. The number of carbonyl (C=O) groups is 1. The van der Waals surface area contributed by atoms with Crippen molar-refractivity contribution in [3.63, 3.8) is 0 Å². The van der Waals surface area contributed by atoms with Crippen LogP contribution in [-0.2, 0) is 23.0 Å². The monoisotopic (exact) mass is 477 g/mol. The van der Waals surface area contributed by atoms with Gasteiger partial charge in [0.05, 0.1) is 15.1 Å². The molecule has 0 saturated carbocycles. The van der Waals surface area contributed by atoms with Gasteiger partial charge in [-0.25, -0.2) is 13.4 Å². The van der Waals surface area contributed by atoms with Crippen LogP contribution < -0.4 is 5.32 Å². The van der Waals surface area contributed by atoms with Crippen molar-refractivity contribution in [3.05, 3.63) is 88.5 Å². The van der Waals surface area contributed by atoms with Gasteiger partial charge >= 0.3 is 0 Å². The van der Waals surface area contributed by atoms with Gasteiger partial charge in [0.15, 0.2) is 5.13 Å². The lowest BCUT2D eigenvalue weighted by molar-refractivity contribution is 0.102. The Morgan fingerprint density at radius 2 is 1.76 bits per heavy atom. The summed E-state index contributed by atoms with van der Waals surface area (Å²) in [5.74, 6) is -0.320. The minimum atomic E-state index is -3.64. The van der Waals surface area contributed by atoms with Crippen LogP contribution >= 0.6 is 11.3 Å². The molecule has 168 valence electrons. The van der Waals surface area contributed by atoms with Crippen molar-refractivity contribution in [2.45, 2.75) is 31.7 Å². The molecular formula is C25H23N3O3S2. The molecule has 1 aliphatic heterocycles. The van der Waals surface area contributed by atoms with Crippen molar-refractivity contribution in [3.8, 4) is 0 Å². The summed E-state index contributed by atoms with van der Waals surface area (Å²) < 4.78 is 28.8. The Kier molecular flexibility index (Phi) is 5.52. The quantitative estimate of drug-likeness (QED) is 0.453. The summed E-state index contributed by atoms with van der Waals surface area (Å²) >= 11 is 1.43. The van der Waals surface area contributed by atoms with Crippen molar-refractivity contribution < 1.29 is 13.2 Å². The highest BCUT2D eigenvalue weighted by molar-refractivity contribution is 7.89. The van der Waals surface area contributed by atoms with E-state index >= 15 is 0 Å². The molecule has 0 spiro atoms. The summed E-state index contributed by atoms with van der Waals surface area (Å²) in [6.45, 7) is 4.84. The standard InChI is InChI=1S/C25H23N3O3S2/c1-16-13-17(2)23-22(14-16)26-25(32-23)27-24(29)19-7-9-21(10-8-19)33(30,31)28-12-11-18-5-3-4-6-20(18)15-28/h3-10,13-14H,11-12,15H2,1-2H3,(H,26,27,29). The number of aromatic nitrogens is 1. The number of benzene rings is 3. The molecular weight excluding hydrogens is 454 g/mol. The van der Waals surface area contributed by atoms with Gasteiger partial charge < -0.3 is 0 Å². The van der Waals surface area contributed by atoms with Gasteiger partial charge in [-0.2, -0.15) is 4.31 Å². The van der Waals surface area contributed by atoms with E-state index in [1.807, 2.05) is 44.2 Å². The lowest BCUT2D eigenvalue weighted by Gasteiger charge is -2.28. The highest BCUT2D eigenvalue weighted by Gasteiger charge is 2.28. The van der Waals surface area contributed by atoms with E-state index in [2.05, 4.69) is 16.4 Å². The molecule has 0 aliphatic carbocycles. The summed E-state index contributed by atoms with van der Waals surface area (Å²) in [5, 5.41) is 3.36. The Balaban J connectivity index is 1.33. The van der Waals surface area contributed by atoms with E-state index in [0.717, 1.165) is 26.9 Å². The van der Waals surface area contributed by atoms with E-state index in [0.29, 0.717) is 30.2 Å². The summed E-state index contributed by atoms with van der Waals surface area (Å²) in [4.78, 5) is 17.4. The zero-order valence-corrected chi connectivity index (χ0v) is 20.0. The summed E-state index contributed by atoms with van der Waals surface area (Å²) in [5.41, 5.74) is 5.71. The van der Waals surface area contributed by atoms with Crippen molar-refractivity contribution >= 4 is 42.6 Å². The molecule has 0 saturated heterocycles. The molecule has 1 N–H and O–H groups in total. The molecule has 8 heteroatoms. The van der Waals surface area contributed by atoms with Gasteiger partial charge in [0.2, 0.25) is 10.0 Å². The Labute approximate surface area is 197 Å². The second-order valence-electron chi connectivity index (χ2n) is 8.28. The van der Waals surface area contributed by atoms with Gasteiger partial charge in [0.1, 0.15) is 0 Å². The number of hydrogen-bond donors (Lipinski definition) is 1. The van der Waals surface area contributed by atoms with Crippen LogP contribution in [0.2, 0.25) is 0 Å². The predicted molar refractivity (Wildman–Crippen MR) is 131 cm³/mol. The second-order valence-corrected chi connectivity index (χ2v) is 11.2. The van der Waals surface area contributed by atoms with E-state index in [1.165, 1.54) is 33.3 Å². The summed E-state index contributed by atoms with van der Waals surface area (Å²) in [6.07, 6.45) is 0.692. The number of carbonyl (C=O) groups excluding carboxylic acids is 1. The number of thiazole rings is 1. The fourth-order valence-corrected chi connectivity index (χ4v) is 6.53. The largest absolute Gasteiger partial charge is 0.298 e. The van der Waals surface area contributed by atoms with E-state index < -0.39 is 10.0 Å². The minimum Gasteiger partial charge on any atom is -0.298 e. The molecule has 33 heavy (non-hydrogen) atoms. The van der Waals surface area contributed by atoms with E-state index in [9.17, 15) is 13.2 Å². The maximum atomic E-state index is 13.1. The number of fused-ring (bicyclic) bond motifs is 2. The molecule has 0 atom stereocenters. The number of nitrogens with zero attached hydrogens (tertiary/aromatic N) is 2. The third-order valence-corrected chi connectivity index (χ3v) is 8.87. The molecule has 3 aromatic carbocycles. The number of nitrogens with one attached hydrogen (secondary N) is 1. The first-order valence-electron chi connectivity index (χ1n) is 10.7. The van der Waals surface area contributed by atoms with Crippen molar-refractivity contribution in [1.29, 1.82) is 0 Å². The lowest BCUT2D eigenvalue weighted by Crippen LogP contribution is -2.35. The maximum absolute atomic E-state index is 13.1. The smallest absolute Gasteiger partial charge is 0.257 e. The van der Waals surface area contributed by atoms with Crippen molar-refractivity contribution in [2.24, 2.45) is 0 Å². The fraction of sp³-hybridized carbons (Fsp3) is 0.200. The van der Waals surface area contributed by atoms with Gasteiger partial charge in [0.25, 0.3) is 5.91 Å². The molecule has 1 aromatic heterocycles. The van der Waals surface area contributed by atoms with Crippen LogP contribution in [0, 0.1) is 13.8 Å². The zero-order chi connectivity index (χ0) is 23.2. The number of anilines is 1. The Bertz CT molecular complexity index is 1470. The van der Waals surface area contributed by atoms with Crippen molar-refractivity contribution in [1.82, 2.24) is 9.29 Å². The van der Waals surface area contributed by atoms with Gasteiger partial charge in [-0.15, -0.1) is 0 Å². The van der Waals surface area contributed by atoms with Gasteiger partial charge in [-0.3, -0.25) is 10.1 Å². The van der Waals surface area contributed by atoms with Crippen LogP contribution in [0.4, 0.5) is 5.13 Å². The van der Waals surface area contributed by atoms with Crippen LogP contribution in [-0.4, -0.2) is 30.2 Å². The third kappa shape index (κ3) is 4.17. The average Bonchev–Trinajstić information content (AvgIpc) is 3.21. The number of sulfonamides is 1. The van der Waals surface area contributed by atoms with E-state index in [1.54, 1.807) is 12.1 Å². The molecule has 0 fully saturated rings. The summed E-state index contributed by atoms with van der Waals surface area (Å²) in [6, 6.07) is 18.1. The molecule has 0 unspecified atom stereocenters. The first-order chi connectivity index (χ1) is 15.8. The molecule has 0 bridgehead atoms. The van der Waals surface area contributed by atoms with Crippen LogP contribution in [0.15, 0.2) is 65.6 Å². The lowest BCUT2D eigenvalue weighted by atomic mass is 10.0. The van der Waals surface area contributed by atoms with E-state index in [-0.39, 0.29) is 10.8 Å². The molecule has 4 aromatic rings. The highest BCUT2D eigenvalue weighted by atomic mass is 32.2. The number of rotatable bonds is 4. The van der Waals surface area contributed by atoms with Gasteiger partial charge in [-0.05, 0) is 72.9 Å².